The summed E-state index contributed by atoms with van der Waals surface area (Å²) in [5.74, 6) is 0.713. The molecule has 0 aliphatic carbocycles. The van der Waals surface area contributed by atoms with Crippen molar-refractivity contribution < 1.29 is 9.84 Å². The molecule has 0 unspecified atom stereocenters. The Balaban J connectivity index is 2.90. The molecule has 0 spiro atoms. The van der Waals surface area contributed by atoms with Gasteiger partial charge in [-0.2, -0.15) is 0 Å². The van der Waals surface area contributed by atoms with Gasteiger partial charge in [0.2, 0.25) is 0 Å². The van der Waals surface area contributed by atoms with E-state index in [1.807, 2.05) is 6.07 Å². The smallest absolute Gasteiger partial charge is 0.125 e. The van der Waals surface area contributed by atoms with E-state index in [1.54, 1.807) is 26.0 Å². The number of aliphatic hydroxyl groups is 1. The monoisotopic (exact) mass is 242 g/mol. The van der Waals surface area contributed by atoms with Crippen molar-refractivity contribution in [2.24, 2.45) is 0 Å². The normalized spacial score (nSPS) is 11.6. The molecule has 0 heterocycles. The first-order valence-corrected chi connectivity index (χ1v) is 5.98. The molecule has 0 bridgehead atoms. The molecule has 0 atom stereocenters. The average Bonchev–Trinajstić information content (AvgIpc) is 2.19. The van der Waals surface area contributed by atoms with E-state index in [0.717, 1.165) is 18.4 Å². The Hall–Kier alpha value is -0.730. The number of ether oxygens (including phenoxy) is 1. The molecule has 0 fully saturated rings. The van der Waals surface area contributed by atoms with Crippen molar-refractivity contribution >= 4 is 11.6 Å². The standard InChI is InChI=1S/C13H19ClO2/c1-4-5-8-16-12-7-6-10(14)9-11(12)13(2,3)15/h6-7,9,15H,4-5,8H2,1-3H3. The Kier molecular flexibility index (Phi) is 4.63. The summed E-state index contributed by atoms with van der Waals surface area (Å²) in [5.41, 5.74) is -0.206. The molecule has 2 nitrogen and oxygen atoms in total. The molecule has 0 saturated carbocycles. The lowest BCUT2D eigenvalue weighted by molar-refractivity contribution is 0.0746. The number of rotatable bonds is 5. The van der Waals surface area contributed by atoms with Gasteiger partial charge in [0.25, 0.3) is 0 Å². The fraction of sp³-hybridized carbons (Fsp3) is 0.538. The molecule has 3 heteroatoms. The van der Waals surface area contributed by atoms with Gasteiger partial charge in [0, 0.05) is 10.6 Å². The predicted octanol–water partition coefficient (Wildman–Crippen LogP) is 3.75. The first-order valence-electron chi connectivity index (χ1n) is 5.60. The molecule has 1 aromatic rings. The molecular weight excluding hydrogens is 224 g/mol. The van der Waals surface area contributed by atoms with Crippen molar-refractivity contribution in [2.45, 2.75) is 39.2 Å². The Bertz CT molecular complexity index is 342. The maximum atomic E-state index is 10.0. The molecular formula is C13H19ClO2. The van der Waals surface area contributed by atoms with E-state index in [-0.39, 0.29) is 0 Å². The van der Waals surface area contributed by atoms with E-state index in [0.29, 0.717) is 17.4 Å². The number of hydrogen-bond donors (Lipinski definition) is 1. The van der Waals surface area contributed by atoms with Crippen molar-refractivity contribution in [1.82, 2.24) is 0 Å². The quantitative estimate of drug-likeness (QED) is 0.797. The van der Waals surface area contributed by atoms with Crippen LogP contribution in [0.2, 0.25) is 5.02 Å². The fourth-order valence-corrected chi connectivity index (χ4v) is 1.60. The van der Waals surface area contributed by atoms with Crippen LogP contribution in [0.25, 0.3) is 0 Å². The van der Waals surface area contributed by atoms with E-state index in [9.17, 15) is 5.11 Å². The molecule has 16 heavy (non-hydrogen) atoms. The third-order valence-corrected chi connectivity index (χ3v) is 2.59. The number of halogens is 1. The topological polar surface area (TPSA) is 29.5 Å². The second kappa shape index (κ2) is 5.55. The summed E-state index contributed by atoms with van der Waals surface area (Å²) in [6.07, 6.45) is 2.10. The summed E-state index contributed by atoms with van der Waals surface area (Å²) < 4.78 is 5.64. The zero-order valence-corrected chi connectivity index (χ0v) is 10.8. The lowest BCUT2D eigenvalue weighted by Crippen LogP contribution is -2.17. The summed E-state index contributed by atoms with van der Waals surface area (Å²) in [6, 6.07) is 5.34. The van der Waals surface area contributed by atoms with Crippen molar-refractivity contribution in [3.8, 4) is 5.75 Å². The molecule has 0 radical (unpaired) electrons. The van der Waals surface area contributed by atoms with Gasteiger partial charge in [0.15, 0.2) is 0 Å². The fourth-order valence-electron chi connectivity index (χ4n) is 1.43. The van der Waals surface area contributed by atoms with Gasteiger partial charge >= 0.3 is 0 Å². The molecule has 0 aromatic heterocycles. The van der Waals surface area contributed by atoms with E-state index in [1.165, 1.54) is 0 Å². The van der Waals surface area contributed by atoms with Gasteiger partial charge in [-0.15, -0.1) is 0 Å². The third kappa shape index (κ3) is 3.69. The van der Waals surface area contributed by atoms with Gasteiger partial charge in [-0.25, -0.2) is 0 Å². The van der Waals surface area contributed by atoms with Crippen LogP contribution in [0.15, 0.2) is 18.2 Å². The van der Waals surface area contributed by atoms with E-state index >= 15 is 0 Å². The van der Waals surface area contributed by atoms with Crippen LogP contribution in [0, 0.1) is 0 Å². The number of hydrogen-bond acceptors (Lipinski definition) is 2. The molecule has 0 amide bonds. The molecule has 1 rings (SSSR count). The van der Waals surface area contributed by atoms with Crippen molar-refractivity contribution in [2.75, 3.05) is 6.61 Å². The first kappa shape index (κ1) is 13.3. The highest BCUT2D eigenvalue weighted by Crippen LogP contribution is 2.32. The van der Waals surface area contributed by atoms with Crippen LogP contribution in [0.1, 0.15) is 39.2 Å². The van der Waals surface area contributed by atoms with E-state index in [2.05, 4.69) is 6.92 Å². The summed E-state index contributed by atoms with van der Waals surface area (Å²) in [5, 5.41) is 10.6. The number of unbranched alkanes of at least 4 members (excludes halogenated alkanes) is 1. The predicted molar refractivity (Wildman–Crippen MR) is 67.1 cm³/mol. The molecule has 0 saturated heterocycles. The van der Waals surface area contributed by atoms with Crippen LogP contribution in [0.5, 0.6) is 5.75 Å². The van der Waals surface area contributed by atoms with Crippen LogP contribution in [0.3, 0.4) is 0 Å². The minimum atomic E-state index is -0.938. The zero-order chi connectivity index (χ0) is 12.2. The van der Waals surface area contributed by atoms with Gasteiger partial charge in [-0.05, 0) is 38.5 Å². The average molecular weight is 243 g/mol. The van der Waals surface area contributed by atoms with Crippen molar-refractivity contribution in [1.29, 1.82) is 0 Å². The largest absolute Gasteiger partial charge is 0.493 e. The highest BCUT2D eigenvalue weighted by Gasteiger charge is 2.21. The lowest BCUT2D eigenvalue weighted by Gasteiger charge is -2.21. The van der Waals surface area contributed by atoms with Gasteiger partial charge in [0.05, 0.1) is 12.2 Å². The Morgan fingerprint density at radius 2 is 2.06 bits per heavy atom. The first-order chi connectivity index (χ1) is 7.45. The maximum Gasteiger partial charge on any atom is 0.125 e. The SMILES string of the molecule is CCCCOc1ccc(Cl)cc1C(C)(C)O. The van der Waals surface area contributed by atoms with Crippen LogP contribution < -0.4 is 4.74 Å². The van der Waals surface area contributed by atoms with Crippen LogP contribution in [-0.4, -0.2) is 11.7 Å². The summed E-state index contributed by atoms with van der Waals surface area (Å²) >= 11 is 5.92. The van der Waals surface area contributed by atoms with E-state index in [4.69, 9.17) is 16.3 Å². The lowest BCUT2D eigenvalue weighted by atomic mass is 9.97. The summed E-state index contributed by atoms with van der Waals surface area (Å²) in [4.78, 5) is 0. The highest BCUT2D eigenvalue weighted by atomic mass is 35.5. The zero-order valence-electron chi connectivity index (χ0n) is 10.1. The minimum Gasteiger partial charge on any atom is -0.493 e. The van der Waals surface area contributed by atoms with Gasteiger partial charge < -0.3 is 9.84 Å². The summed E-state index contributed by atoms with van der Waals surface area (Å²) in [7, 11) is 0. The van der Waals surface area contributed by atoms with Gasteiger partial charge in [-0.3, -0.25) is 0 Å². The van der Waals surface area contributed by atoms with Crippen LogP contribution in [0.4, 0.5) is 0 Å². The van der Waals surface area contributed by atoms with Crippen LogP contribution in [-0.2, 0) is 5.60 Å². The highest BCUT2D eigenvalue weighted by molar-refractivity contribution is 6.30. The Morgan fingerprint density at radius 3 is 2.62 bits per heavy atom. The maximum absolute atomic E-state index is 10.0. The van der Waals surface area contributed by atoms with E-state index < -0.39 is 5.60 Å². The molecule has 1 N–H and O–H groups in total. The van der Waals surface area contributed by atoms with Crippen LogP contribution >= 0.6 is 11.6 Å². The second-order valence-electron chi connectivity index (χ2n) is 4.40. The van der Waals surface area contributed by atoms with Gasteiger partial charge in [-0.1, -0.05) is 24.9 Å². The van der Waals surface area contributed by atoms with Crippen molar-refractivity contribution in [3.63, 3.8) is 0 Å². The number of benzene rings is 1. The molecule has 90 valence electrons. The molecule has 0 aliphatic rings. The minimum absolute atomic E-state index is 0.611. The molecule has 1 aromatic carbocycles. The Labute approximate surface area is 102 Å². The molecule has 0 aliphatic heterocycles. The van der Waals surface area contributed by atoms with Gasteiger partial charge in [0.1, 0.15) is 5.75 Å². The third-order valence-electron chi connectivity index (χ3n) is 2.36. The second-order valence-corrected chi connectivity index (χ2v) is 4.84. The Morgan fingerprint density at radius 1 is 1.38 bits per heavy atom. The summed E-state index contributed by atoms with van der Waals surface area (Å²) in [6.45, 7) is 6.24. The van der Waals surface area contributed by atoms with Crippen molar-refractivity contribution in [3.05, 3.63) is 28.8 Å².